The monoisotopic (exact) mass is 437 g/mol. The molecule has 1 aromatic heterocycles. The zero-order chi connectivity index (χ0) is 22.3. The normalized spacial score (nSPS) is 19.3. The average molecular weight is 438 g/mol. The van der Waals surface area contributed by atoms with Crippen molar-refractivity contribution in [2.45, 2.75) is 64.0 Å². The summed E-state index contributed by atoms with van der Waals surface area (Å²) in [6.45, 7) is 5.19. The molecule has 1 saturated heterocycles. The van der Waals surface area contributed by atoms with Crippen molar-refractivity contribution in [1.82, 2.24) is 9.88 Å². The predicted octanol–water partition coefficient (Wildman–Crippen LogP) is 4.38. The van der Waals surface area contributed by atoms with Gasteiger partial charge in [0.15, 0.2) is 0 Å². The molecule has 3 heterocycles. The number of nitrogens with zero attached hydrogens (tertiary/aromatic N) is 2. The van der Waals surface area contributed by atoms with Gasteiger partial charge in [0.1, 0.15) is 11.9 Å². The number of benzene rings is 1. The van der Waals surface area contributed by atoms with Crippen molar-refractivity contribution in [2.75, 3.05) is 31.6 Å². The molecule has 1 fully saturated rings. The number of aromatic nitrogens is 1. The first-order valence-corrected chi connectivity index (χ1v) is 12.0. The molecule has 2 aliphatic rings. The quantitative estimate of drug-likeness (QED) is 0.538. The van der Waals surface area contributed by atoms with E-state index in [1.54, 1.807) is 0 Å². The molecular weight excluding hydrogens is 402 g/mol. The Morgan fingerprint density at radius 1 is 1.28 bits per heavy atom. The van der Waals surface area contributed by atoms with Gasteiger partial charge in [-0.05, 0) is 62.6 Å². The van der Waals surface area contributed by atoms with Crippen LogP contribution in [0.3, 0.4) is 0 Å². The Morgan fingerprint density at radius 2 is 2.19 bits per heavy atom. The van der Waals surface area contributed by atoms with Crippen molar-refractivity contribution in [3.05, 3.63) is 58.8 Å². The van der Waals surface area contributed by atoms with Gasteiger partial charge in [-0.2, -0.15) is 0 Å². The fraction of sp³-hybridized carbons (Fsp3) is 0.538. The van der Waals surface area contributed by atoms with Crippen LogP contribution < -0.4 is 5.32 Å². The van der Waals surface area contributed by atoms with Crippen LogP contribution in [0, 0.1) is 6.92 Å². The molecule has 2 aliphatic heterocycles. The van der Waals surface area contributed by atoms with Gasteiger partial charge in [-0.25, -0.2) is 4.98 Å². The molecular formula is C26H35N3O3. The van der Waals surface area contributed by atoms with Crippen molar-refractivity contribution in [1.29, 1.82) is 0 Å². The van der Waals surface area contributed by atoms with Crippen LogP contribution in [0.5, 0.6) is 0 Å². The molecule has 1 aromatic carbocycles. The highest BCUT2D eigenvalue weighted by Crippen LogP contribution is 2.27. The molecule has 0 amide bonds. The van der Waals surface area contributed by atoms with Crippen LogP contribution in [0.25, 0.3) is 0 Å². The Bertz CT molecular complexity index is 917. The molecule has 32 heavy (non-hydrogen) atoms. The highest BCUT2D eigenvalue weighted by molar-refractivity contribution is 5.75. The number of fused-ring (bicyclic) bond motifs is 1. The van der Waals surface area contributed by atoms with E-state index in [0.717, 1.165) is 75.2 Å². The van der Waals surface area contributed by atoms with E-state index >= 15 is 0 Å². The van der Waals surface area contributed by atoms with Crippen LogP contribution in [0.1, 0.15) is 60.5 Å². The molecule has 0 unspecified atom stereocenters. The Hall–Kier alpha value is -2.44. The molecule has 4 rings (SSSR count). The van der Waals surface area contributed by atoms with Gasteiger partial charge in [0.05, 0.1) is 6.10 Å². The fourth-order valence-electron chi connectivity index (χ4n) is 4.82. The van der Waals surface area contributed by atoms with Gasteiger partial charge >= 0.3 is 5.97 Å². The highest BCUT2D eigenvalue weighted by Gasteiger charge is 2.33. The standard InChI is InChI=1S/C26H35N3O3/c1-19-7-5-8-21(17-19)24(26(30)31)29-15-13-23(18-29)32-16-4-2-3-10-22-12-11-20-9-6-14-27-25(20)28-22/h5,7-8,11-12,17,23-24H,2-4,6,9-10,13-16,18H2,1H3,(H,27,28)(H,30,31)/t23-,24+/m1/s1. The van der Waals surface area contributed by atoms with Gasteiger partial charge < -0.3 is 15.2 Å². The number of unbranched alkanes of at least 4 members (excludes halogenated alkanes) is 2. The number of hydrogen-bond donors (Lipinski definition) is 2. The van der Waals surface area contributed by atoms with Gasteiger partial charge in [-0.1, -0.05) is 42.3 Å². The smallest absolute Gasteiger partial charge is 0.325 e. The third-order valence-electron chi connectivity index (χ3n) is 6.52. The molecule has 0 saturated carbocycles. The summed E-state index contributed by atoms with van der Waals surface area (Å²) in [6.07, 6.45) is 7.59. The predicted molar refractivity (Wildman–Crippen MR) is 126 cm³/mol. The topological polar surface area (TPSA) is 74.7 Å². The van der Waals surface area contributed by atoms with Gasteiger partial charge in [-0.15, -0.1) is 0 Å². The lowest BCUT2D eigenvalue weighted by Gasteiger charge is -2.25. The summed E-state index contributed by atoms with van der Waals surface area (Å²) in [7, 11) is 0. The molecule has 0 bridgehead atoms. The lowest BCUT2D eigenvalue weighted by Crippen LogP contribution is -2.33. The molecule has 6 nitrogen and oxygen atoms in total. The van der Waals surface area contributed by atoms with Gasteiger partial charge in [0.25, 0.3) is 0 Å². The number of anilines is 1. The van der Waals surface area contributed by atoms with Crippen molar-refractivity contribution in [3.63, 3.8) is 0 Å². The Morgan fingerprint density at radius 3 is 3.03 bits per heavy atom. The maximum atomic E-state index is 11.9. The number of carboxylic acids is 1. The summed E-state index contributed by atoms with van der Waals surface area (Å²) in [6, 6.07) is 11.6. The van der Waals surface area contributed by atoms with Crippen LogP contribution in [-0.2, 0) is 22.4 Å². The number of carbonyl (C=O) groups is 1. The third-order valence-corrected chi connectivity index (χ3v) is 6.52. The minimum absolute atomic E-state index is 0.120. The number of nitrogens with one attached hydrogen (secondary N) is 1. The van der Waals surface area contributed by atoms with E-state index < -0.39 is 12.0 Å². The number of rotatable bonds is 10. The largest absolute Gasteiger partial charge is 0.480 e. The van der Waals surface area contributed by atoms with Crippen molar-refractivity contribution in [3.8, 4) is 0 Å². The number of likely N-dealkylation sites (tertiary alicyclic amines) is 1. The fourth-order valence-corrected chi connectivity index (χ4v) is 4.82. The minimum atomic E-state index is -0.790. The summed E-state index contributed by atoms with van der Waals surface area (Å²) < 4.78 is 6.09. The maximum absolute atomic E-state index is 11.9. The van der Waals surface area contributed by atoms with Crippen LogP contribution in [-0.4, -0.2) is 53.3 Å². The molecule has 172 valence electrons. The number of hydrogen-bond acceptors (Lipinski definition) is 5. The van der Waals surface area contributed by atoms with Crippen molar-refractivity contribution < 1.29 is 14.6 Å². The molecule has 0 radical (unpaired) electrons. The van der Waals surface area contributed by atoms with Crippen LogP contribution >= 0.6 is 0 Å². The summed E-state index contributed by atoms with van der Waals surface area (Å²) in [5.41, 5.74) is 4.44. The lowest BCUT2D eigenvalue weighted by molar-refractivity contribution is -0.143. The SMILES string of the molecule is Cc1cccc([C@@H](C(=O)O)N2CC[C@@H](OCCCCCc3ccc4c(n3)NCCC4)C2)c1. The average Bonchev–Trinajstić information content (AvgIpc) is 3.24. The second-order valence-corrected chi connectivity index (χ2v) is 9.08. The van der Waals surface area contributed by atoms with E-state index in [-0.39, 0.29) is 6.10 Å². The van der Waals surface area contributed by atoms with E-state index in [2.05, 4.69) is 17.4 Å². The maximum Gasteiger partial charge on any atom is 0.325 e. The number of pyridine rings is 1. The molecule has 6 heteroatoms. The van der Waals surface area contributed by atoms with E-state index in [1.807, 2.05) is 36.1 Å². The van der Waals surface area contributed by atoms with E-state index in [0.29, 0.717) is 6.54 Å². The number of aliphatic carboxylic acids is 1. The molecule has 0 spiro atoms. The minimum Gasteiger partial charge on any atom is -0.480 e. The van der Waals surface area contributed by atoms with Crippen molar-refractivity contribution in [2.24, 2.45) is 0 Å². The Kier molecular flexibility index (Phi) is 7.76. The summed E-state index contributed by atoms with van der Waals surface area (Å²) >= 11 is 0. The summed E-state index contributed by atoms with van der Waals surface area (Å²) in [5.74, 6) is 0.287. The first-order chi connectivity index (χ1) is 15.6. The van der Waals surface area contributed by atoms with E-state index in [4.69, 9.17) is 9.72 Å². The van der Waals surface area contributed by atoms with Gasteiger partial charge in [0, 0.05) is 31.9 Å². The van der Waals surface area contributed by atoms with Crippen molar-refractivity contribution >= 4 is 11.8 Å². The van der Waals surface area contributed by atoms with Gasteiger partial charge in [-0.3, -0.25) is 9.69 Å². The second-order valence-electron chi connectivity index (χ2n) is 9.08. The Balaban J connectivity index is 1.16. The lowest BCUT2D eigenvalue weighted by atomic mass is 10.0. The first-order valence-electron chi connectivity index (χ1n) is 12.0. The summed E-state index contributed by atoms with van der Waals surface area (Å²) in [5, 5.41) is 13.2. The van der Waals surface area contributed by atoms with Crippen LogP contribution in [0.15, 0.2) is 36.4 Å². The molecule has 2 aromatic rings. The van der Waals surface area contributed by atoms with E-state index in [1.165, 1.54) is 17.7 Å². The number of ether oxygens (including phenoxy) is 1. The summed E-state index contributed by atoms with van der Waals surface area (Å²) in [4.78, 5) is 18.7. The zero-order valence-corrected chi connectivity index (χ0v) is 19.1. The van der Waals surface area contributed by atoms with Crippen LogP contribution in [0.4, 0.5) is 5.82 Å². The van der Waals surface area contributed by atoms with Gasteiger partial charge in [0.2, 0.25) is 0 Å². The number of carboxylic acid groups (broad SMARTS) is 1. The first kappa shape index (κ1) is 22.7. The molecule has 2 N–H and O–H groups in total. The third kappa shape index (κ3) is 5.87. The van der Waals surface area contributed by atoms with E-state index in [9.17, 15) is 9.90 Å². The zero-order valence-electron chi connectivity index (χ0n) is 19.1. The van der Waals surface area contributed by atoms with Crippen LogP contribution in [0.2, 0.25) is 0 Å². The number of aryl methyl sites for hydroxylation is 3. The molecule has 2 atom stereocenters. The Labute approximate surface area is 191 Å². The highest BCUT2D eigenvalue weighted by atomic mass is 16.5. The molecule has 0 aliphatic carbocycles. The second kappa shape index (κ2) is 10.9.